The van der Waals surface area contributed by atoms with E-state index in [1.165, 1.54) is 107 Å². The number of aliphatic hydroxyl groups excluding tert-OH is 3. The Bertz CT molecular complexity index is 4040. The van der Waals surface area contributed by atoms with Gasteiger partial charge in [0.15, 0.2) is 0 Å². The molecule has 13 heteroatoms. The number of rotatable bonds is 20. The van der Waals surface area contributed by atoms with Crippen molar-refractivity contribution in [2.45, 2.75) is 227 Å². The number of nitrogens with zero attached hydrogens (tertiary/aromatic N) is 2. The summed E-state index contributed by atoms with van der Waals surface area (Å²) in [6.45, 7) is 7.88. The molecule has 0 aromatic heterocycles. The molecule has 0 radical (unpaired) electrons. The summed E-state index contributed by atoms with van der Waals surface area (Å²) in [5.74, 6) is 1.44. The quantitative estimate of drug-likeness (QED) is 0.0413. The van der Waals surface area contributed by atoms with Crippen molar-refractivity contribution in [1.82, 2.24) is 15.1 Å². The molecule has 22 rings (SSSR count). The molecular formula is C89H107Br2F2N5O4. The molecule has 7 N–H and O–H groups in total. The molecule has 11 fully saturated rings. The maximum Gasteiger partial charge on any atom is 0.150 e. The molecule has 2 aliphatic heterocycles. The van der Waals surface area contributed by atoms with E-state index < -0.39 is 0 Å². The van der Waals surface area contributed by atoms with Crippen LogP contribution in [-0.2, 0) is 19.3 Å². The Kier molecular flexibility index (Phi) is 20.8. The van der Waals surface area contributed by atoms with Gasteiger partial charge >= 0.3 is 0 Å². The summed E-state index contributed by atoms with van der Waals surface area (Å²) in [5, 5.41) is 36.6. The molecular weight excluding hydrogens is 1400 g/mol. The van der Waals surface area contributed by atoms with Crippen molar-refractivity contribution in [3.63, 3.8) is 0 Å². The van der Waals surface area contributed by atoms with Gasteiger partial charge in [0.25, 0.3) is 0 Å². The molecule has 9 nitrogen and oxygen atoms in total. The third-order valence-corrected chi connectivity index (χ3v) is 27.7. The number of halogens is 4. The van der Waals surface area contributed by atoms with Crippen molar-refractivity contribution in [1.29, 1.82) is 0 Å². The van der Waals surface area contributed by atoms with Gasteiger partial charge in [-0.25, -0.2) is 0 Å². The van der Waals surface area contributed by atoms with Crippen molar-refractivity contribution in [3.8, 4) is 0 Å². The van der Waals surface area contributed by atoms with E-state index in [0.717, 1.165) is 111 Å². The minimum Gasteiger partial charge on any atom is -0.396 e. The maximum absolute atomic E-state index is 12.5. The second-order valence-corrected chi connectivity index (χ2v) is 36.1. The summed E-state index contributed by atoms with van der Waals surface area (Å²) in [6, 6.07) is 55.4. The minimum atomic E-state index is -0.182. The molecule has 2 heterocycles. The Hall–Kier alpha value is -5.45. The Morgan fingerprint density at radius 1 is 0.569 bits per heavy atom. The summed E-state index contributed by atoms with van der Waals surface area (Å²) in [6.07, 6.45) is 28.4. The zero-order valence-electron chi connectivity index (χ0n) is 60.2. The van der Waals surface area contributed by atoms with Gasteiger partial charge in [-0.3, -0.25) is 23.4 Å². The van der Waals surface area contributed by atoms with Crippen LogP contribution in [0.4, 0.5) is 14.5 Å². The molecule has 5 unspecified atom stereocenters. The lowest BCUT2D eigenvalue weighted by atomic mass is 9.38. The number of fused-ring (bicyclic) bond motifs is 5. The van der Waals surface area contributed by atoms with Gasteiger partial charge in [-0.2, -0.15) is 0 Å². The fraction of sp³-hybridized carbons (Fsp3) is 0.517. The monoisotopic (exact) mass is 1510 g/mol. The number of alkyl halides is 2. The van der Waals surface area contributed by atoms with Gasteiger partial charge in [-0.15, -0.1) is 0 Å². The highest BCUT2D eigenvalue weighted by molar-refractivity contribution is 9.10. The Morgan fingerprint density at radius 3 is 1.46 bits per heavy atom. The van der Waals surface area contributed by atoms with E-state index in [4.69, 9.17) is 5.73 Å². The fourth-order valence-corrected chi connectivity index (χ4v) is 22.8. The normalized spacial score (nSPS) is 33.3. The lowest BCUT2D eigenvalue weighted by Gasteiger charge is -2.76. The van der Waals surface area contributed by atoms with Crippen LogP contribution in [0.1, 0.15) is 216 Å². The van der Waals surface area contributed by atoms with E-state index in [0.29, 0.717) is 96.5 Å². The van der Waals surface area contributed by atoms with Crippen molar-refractivity contribution in [3.05, 3.63) is 222 Å². The summed E-state index contributed by atoms with van der Waals surface area (Å²) in [4.78, 5) is 15.8. The predicted molar refractivity (Wildman–Crippen MR) is 416 cm³/mol. The number of hydrogen-bond acceptors (Lipinski definition) is 9. The summed E-state index contributed by atoms with van der Waals surface area (Å²) >= 11 is 6.87. The Balaban J connectivity index is 0.000000113. The van der Waals surface area contributed by atoms with Crippen LogP contribution in [0.2, 0.25) is 0 Å². The number of carbonyl (C=O) groups excluding carboxylic acids is 1. The highest BCUT2D eigenvalue weighted by atomic mass is 79.9. The highest BCUT2D eigenvalue weighted by Gasteiger charge is 2.73. The first-order valence-electron chi connectivity index (χ1n) is 38.6. The molecule has 0 amide bonds. The van der Waals surface area contributed by atoms with Crippen LogP contribution >= 0.6 is 31.9 Å². The van der Waals surface area contributed by atoms with Crippen molar-refractivity contribution in [2.75, 3.05) is 38.5 Å². The molecule has 14 aliphatic carbocycles. The number of allylic oxidation sites excluding steroid dienone is 1. The number of benzene rings is 6. The molecule has 16 aliphatic rings. The van der Waals surface area contributed by atoms with Crippen molar-refractivity contribution >= 4 is 60.6 Å². The van der Waals surface area contributed by atoms with Crippen LogP contribution in [0.3, 0.4) is 0 Å². The first-order chi connectivity index (χ1) is 49.4. The lowest BCUT2D eigenvalue weighted by Crippen LogP contribution is -2.77. The summed E-state index contributed by atoms with van der Waals surface area (Å²) in [5.41, 5.74) is 28.7. The Labute approximate surface area is 622 Å². The number of carbonyl (C=O) groups is 1. The molecule has 0 saturated heterocycles. The topological polar surface area (TPSA) is 134 Å². The van der Waals surface area contributed by atoms with E-state index >= 15 is 0 Å². The number of hydrogen-bond donors (Lipinski definition) is 6. The largest absolute Gasteiger partial charge is 0.396 e. The zero-order chi connectivity index (χ0) is 70.8. The van der Waals surface area contributed by atoms with Crippen LogP contribution < -0.4 is 16.4 Å². The molecule has 11 saturated carbocycles. The third kappa shape index (κ3) is 13.8. The fourth-order valence-electron chi connectivity index (χ4n) is 22.3. The zero-order valence-corrected chi connectivity index (χ0v) is 63.4. The number of nitrogens with two attached hydrogens (primary N) is 1. The van der Waals surface area contributed by atoms with Crippen LogP contribution in [0.5, 0.6) is 0 Å². The Morgan fingerprint density at radius 2 is 1.00 bits per heavy atom. The van der Waals surface area contributed by atoms with E-state index in [9.17, 15) is 28.9 Å². The van der Waals surface area contributed by atoms with E-state index in [1.54, 1.807) is 34.4 Å². The minimum absolute atomic E-state index is 0.161. The number of anilines is 1. The van der Waals surface area contributed by atoms with E-state index in [-0.39, 0.29) is 29.7 Å². The van der Waals surface area contributed by atoms with Crippen LogP contribution in [0.15, 0.2) is 172 Å². The van der Waals surface area contributed by atoms with E-state index in [2.05, 4.69) is 200 Å². The van der Waals surface area contributed by atoms with Gasteiger partial charge < -0.3 is 31.7 Å². The van der Waals surface area contributed by atoms with Crippen molar-refractivity contribution < 1.29 is 28.9 Å². The lowest BCUT2D eigenvalue weighted by molar-refractivity contribution is -0.253. The average Bonchev–Trinajstić information content (AvgIpc) is 0.846. The maximum atomic E-state index is 12.5. The molecule has 540 valence electrons. The predicted octanol–water partition coefficient (Wildman–Crippen LogP) is 18.8. The van der Waals surface area contributed by atoms with Gasteiger partial charge in [0.2, 0.25) is 0 Å². The van der Waals surface area contributed by atoms with E-state index in [1.807, 2.05) is 12.1 Å². The van der Waals surface area contributed by atoms with Crippen molar-refractivity contribution in [2.24, 2.45) is 33.8 Å². The van der Waals surface area contributed by atoms with Crippen LogP contribution in [0.25, 0.3) is 16.7 Å². The van der Waals surface area contributed by atoms with Gasteiger partial charge in [-0.05, 0) is 305 Å². The molecule has 5 atom stereocenters. The standard InChI is InChI=1S/C32H39FN2O.C25H26BrNO.C18H23NO.C7H5BrO.C7H14FN/c1-21-13-28-27-7-3-2-6-24(27)16-29(28)30(35(21)32-17-31(18-32,19-32)20-36)23-8-10-25(11-9-23)34-26-14-22(15-26)5-4-12-33;1-16-10-21-20-5-3-2-4-18(20)11-22(21)23(17-6-8-19(26)9-7-17)27(16)25-12-24(13-25,14-25)15-28;1-13(19-18-9-17(10-18,11-18)12-20)8-15-7-6-14-4-2-3-5-16(14)15;8-7-3-1-6(5-9)2-4-7;8-3-1-2-6-4-7(9)5-6/h2-3,6-11,21-22,26,30,34,36H,4-5,12-20H2,1H3;2-9,16,23,28H,10-15H2,1H3;2-5,7,13,19-20H,6,8-12H2,1H3;1-5H;6-7H,1-5,9H2. The van der Waals surface area contributed by atoms with Gasteiger partial charge in [0.1, 0.15) is 6.29 Å². The van der Waals surface area contributed by atoms with Gasteiger partial charge in [0, 0.05) is 86.8 Å². The highest BCUT2D eigenvalue weighted by Crippen LogP contribution is 2.74. The summed E-state index contributed by atoms with van der Waals surface area (Å²) < 4.78 is 26.2. The molecule has 6 aromatic carbocycles. The average molecular weight is 1510 g/mol. The smallest absolute Gasteiger partial charge is 0.150 e. The molecule has 102 heavy (non-hydrogen) atoms. The molecule has 0 spiro atoms. The first-order valence-corrected chi connectivity index (χ1v) is 40.2. The number of nitrogens with one attached hydrogen (secondary N) is 2. The third-order valence-electron chi connectivity index (χ3n) is 26.7. The second-order valence-electron chi connectivity index (χ2n) is 34.3. The van der Waals surface area contributed by atoms with Gasteiger partial charge in [-0.1, -0.05) is 147 Å². The van der Waals surface area contributed by atoms with Gasteiger partial charge in [0.05, 0.1) is 25.4 Å². The second kappa shape index (κ2) is 29.4. The molecule has 6 bridgehead atoms. The molecule has 6 aromatic rings. The number of aldehydes is 1. The van der Waals surface area contributed by atoms with Crippen LogP contribution in [0, 0.1) is 28.1 Å². The summed E-state index contributed by atoms with van der Waals surface area (Å²) in [7, 11) is 0. The SMILES string of the molecule is CC(CC1=CCc2ccccc21)NC12CC(CO)(C1)C2.CC1CC2=C(Cc3ccccc32)C(c2ccc(Br)cc2)N1C12CC(CO)(C1)C2.CC1CC2=C(Cc3ccccc32)C(c2ccc(NC3CC(CCCF)C3)cc2)N1C12CC(CO)(C1)C2.NC1CC(CCCF)C1.O=Cc1ccc(Br)cc1. The number of aliphatic hydroxyl groups is 3. The van der Waals surface area contributed by atoms with Crippen LogP contribution in [-0.4, -0.2) is 111 Å². The first kappa shape index (κ1) is 72.1.